The van der Waals surface area contributed by atoms with Crippen LogP contribution >= 0.6 is 0 Å². The van der Waals surface area contributed by atoms with E-state index in [2.05, 4.69) is 165 Å². The van der Waals surface area contributed by atoms with Crippen molar-refractivity contribution in [3.63, 3.8) is 0 Å². The Hall–Kier alpha value is -1.82. The Morgan fingerprint density at radius 1 is 0.357 bits per heavy atom. The lowest BCUT2D eigenvalue weighted by molar-refractivity contribution is -0.0444. The third kappa shape index (κ3) is 9.79. The summed E-state index contributed by atoms with van der Waals surface area (Å²) in [6, 6.07) is 17.9. The monoisotopic (exact) mass is 763 g/mol. The summed E-state index contributed by atoms with van der Waals surface area (Å²) in [5.41, 5.74) is 11.8. The summed E-state index contributed by atoms with van der Waals surface area (Å²) in [6.45, 7) is 38.7. The molecule has 0 nitrogen and oxygen atoms in total. The lowest BCUT2D eigenvalue weighted by Crippen LogP contribution is -2.45. The van der Waals surface area contributed by atoms with Crippen LogP contribution < -0.4 is 0 Å². The van der Waals surface area contributed by atoms with Crippen molar-refractivity contribution in [3.8, 4) is 0 Å². The number of hydrogen-bond donors (Lipinski definition) is 0. The zero-order valence-electron chi connectivity index (χ0n) is 40.0. The number of allylic oxidation sites excluding steroid dienone is 2. The van der Waals surface area contributed by atoms with E-state index in [9.17, 15) is 0 Å². The minimum Gasteiger partial charge on any atom is -0.0845 e. The maximum atomic E-state index is 2.55. The number of benzene rings is 2. The molecule has 8 rings (SSSR count). The van der Waals surface area contributed by atoms with Crippen LogP contribution in [0.5, 0.6) is 0 Å². The third-order valence-electron chi connectivity index (χ3n) is 17.3. The van der Waals surface area contributed by atoms with Gasteiger partial charge in [0, 0.05) is 0 Å². The van der Waals surface area contributed by atoms with Gasteiger partial charge in [-0.25, -0.2) is 0 Å². The SMILES string of the molecule is CC1(C)CCC(C)(C)C2CCCC=C21.CC1(C)CCC(C)(C)C2CCCCC21.CC1(C)CCC(C)(C)c2ccccc21.CC1(C)CCC(C)(C)c2ccccc21. The van der Waals surface area contributed by atoms with Crippen LogP contribution in [-0.2, 0) is 21.7 Å². The van der Waals surface area contributed by atoms with Gasteiger partial charge in [-0.05, 0) is 167 Å². The van der Waals surface area contributed by atoms with Crippen molar-refractivity contribution >= 4 is 0 Å². The van der Waals surface area contributed by atoms with E-state index in [1.54, 1.807) is 27.8 Å². The molecule has 3 saturated carbocycles. The molecule has 0 amide bonds. The molecule has 0 heterocycles. The minimum atomic E-state index is 0.367. The Labute approximate surface area is 349 Å². The van der Waals surface area contributed by atoms with Crippen molar-refractivity contribution in [1.29, 1.82) is 0 Å². The summed E-state index contributed by atoms with van der Waals surface area (Å²) in [7, 11) is 0. The molecule has 3 atom stereocenters. The maximum absolute atomic E-state index is 2.55. The molecular weight excluding hydrogens is 673 g/mol. The Bertz CT molecular complexity index is 1480. The van der Waals surface area contributed by atoms with Crippen LogP contribution in [0.2, 0.25) is 0 Å². The first-order valence-electron chi connectivity index (χ1n) is 23.6. The Morgan fingerprint density at radius 3 is 1.02 bits per heavy atom. The van der Waals surface area contributed by atoms with Gasteiger partial charge in [0.05, 0.1) is 0 Å². The molecule has 0 aromatic heterocycles. The van der Waals surface area contributed by atoms with Crippen molar-refractivity contribution in [2.75, 3.05) is 0 Å². The van der Waals surface area contributed by atoms with Gasteiger partial charge in [-0.15, -0.1) is 0 Å². The second-order valence-electron chi connectivity index (χ2n) is 25.1. The van der Waals surface area contributed by atoms with Gasteiger partial charge in [-0.3, -0.25) is 0 Å². The summed E-state index contributed by atoms with van der Waals surface area (Å²) >= 11 is 0. The lowest BCUT2D eigenvalue weighted by atomic mass is 9.51. The van der Waals surface area contributed by atoms with E-state index in [1.165, 1.54) is 96.3 Å². The van der Waals surface area contributed by atoms with E-state index in [4.69, 9.17) is 0 Å². The highest BCUT2D eigenvalue weighted by Gasteiger charge is 2.48. The molecular formula is C56H90. The van der Waals surface area contributed by atoms with E-state index in [-0.39, 0.29) is 0 Å². The molecule has 3 fully saturated rings. The van der Waals surface area contributed by atoms with Gasteiger partial charge < -0.3 is 0 Å². The smallest absolute Gasteiger partial charge is 0.0100 e. The summed E-state index contributed by atoms with van der Waals surface area (Å²) in [5.74, 6) is 2.90. The standard InChI is InChI=1S/C14H26.C14H24.2C14H20/c4*1-13(2)9-10-14(3,4)12-8-6-5-7-11(12)13/h11-12H,5-10H2,1-4H3;7,12H,5-6,8-10H2,1-4H3;2*5-8H,9-10H2,1-4H3. The molecule has 56 heavy (non-hydrogen) atoms. The molecule has 314 valence electrons. The molecule has 0 saturated heterocycles. The summed E-state index contributed by atoms with van der Waals surface area (Å²) in [4.78, 5) is 0. The highest BCUT2D eigenvalue weighted by atomic mass is 14.5. The van der Waals surface area contributed by atoms with E-state index < -0.39 is 0 Å². The summed E-state index contributed by atoms with van der Waals surface area (Å²) in [6.07, 6.45) is 23.6. The van der Waals surface area contributed by atoms with Crippen LogP contribution in [0.3, 0.4) is 0 Å². The van der Waals surface area contributed by atoms with Crippen LogP contribution in [-0.4, -0.2) is 0 Å². The molecule has 0 radical (unpaired) electrons. The molecule has 0 spiro atoms. The van der Waals surface area contributed by atoms with Crippen LogP contribution in [0, 0.1) is 39.4 Å². The third-order valence-corrected chi connectivity index (χ3v) is 17.3. The normalized spacial score (nSPS) is 30.1. The fourth-order valence-corrected chi connectivity index (χ4v) is 12.5. The van der Waals surface area contributed by atoms with E-state index in [0.29, 0.717) is 43.3 Å². The predicted octanol–water partition coefficient (Wildman–Crippen LogP) is 17.3. The quantitative estimate of drug-likeness (QED) is 0.235. The fourth-order valence-electron chi connectivity index (χ4n) is 12.5. The average Bonchev–Trinajstić information content (AvgIpc) is 3.14. The molecule has 0 N–H and O–H groups in total. The Morgan fingerprint density at radius 2 is 0.679 bits per heavy atom. The van der Waals surface area contributed by atoms with Crippen molar-refractivity contribution in [2.45, 2.75) is 229 Å². The van der Waals surface area contributed by atoms with Crippen LogP contribution in [0.25, 0.3) is 0 Å². The van der Waals surface area contributed by atoms with Gasteiger partial charge in [-0.1, -0.05) is 184 Å². The minimum absolute atomic E-state index is 0.367. The molecule has 6 aliphatic rings. The van der Waals surface area contributed by atoms with Gasteiger partial charge >= 0.3 is 0 Å². The van der Waals surface area contributed by atoms with Gasteiger partial charge in [0.15, 0.2) is 0 Å². The van der Waals surface area contributed by atoms with Crippen LogP contribution in [0.15, 0.2) is 60.2 Å². The van der Waals surface area contributed by atoms with Crippen molar-refractivity contribution < 1.29 is 0 Å². The van der Waals surface area contributed by atoms with Crippen molar-refractivity contribution in [2.24, 2.45) is 39.4 Å². The number of rotatable bonds is 0. The topological polar surface area (TPSA) is 0 Å². The van der Waals surface area contributed by atoms with Gasteiger partial charge in [0.25, 0.3) is 0 Å². The largest absolute Gasteiger partial charge is 0.0845 e. The van der Waals surface area contributed by atoms with Crippen molar-refractivity contribution in [3.05, 3.63) is 82.4 Å². The van der Waals surface area contributed by atoms with Crippen LogP contribution in [0.1, 0.15) is 229 Å². The van der Waals surface area contributed by atoms with Crippen LogP contribution in [0.4, 0.5) is 0 Å². The lowest BCUT2D eigenvalue weighted by Gasteiger charge is -2.54. The molecule has 3 unspecified atom stereocenters. The molecule has 0 heteroatoms. The predicted molar refractivity (Wildman–Crippen MR) is 248 cm³/mol. The first kappa shape index (κ1) is 45.3. The van der Waals surface area contributed by atoms with Gasteiger partial charge in [-0.2, -0.15) is 0 Å². The number of hydrogen-bond acceptors (Lipinski definition) is 0. The maximum Gasteiger partial charge on any atom is -0.0100 e. The molecule has 0 aliphatic heterocycles. The first-order valence-corrected chi connectivity index (χ1v) is 23.6. The summed E-state index contributed by atoms with van der Waals surface area (Å²) < 4.78 is 0. The van der Waals surface area contributed by atoms with E-state index in [1.807, 2.05) is 0 Å². The Balaban J connectivity index is 0.000000143. The second-order valence-corrected chi connectivity index (χ2v) is 25.1. The highest BCUT2D eigenvalue weighted by Crippen LogP contribution is 2.58. The second kappa shape index (κ2) is 16.3. The van der Waals surface area contributed by atoms with Crippen molar-refractivity contribution in [1.82, 2.24) is 0 Å². The van der Waals surface area contributed by atoms with Gasteiger partial charge in [0.1, 0.15) is 0 Å². The molecule has 6 aliphatic carbocycles. The van der Waals surface area contributed by atoms with Gasteiger partial charge in [0.2, 0.25) is 0 Å². The zero-order valence-corrected chi connectivity index (χ0v) is 40.0. The average molecular weight is 763 g/mol. The van der Waals surface area contributed by atoms with E-state index in [0.717, 1.165) is 17.8 Å². The Kier molecular flexibility index (Phi) is 13.2. The first-order chi connectivity index (χ1) is 25.7. The molecule has 2 aromatic rings. The highest BCUT2D eigenvalue weighted by molar-refractivity contribution is 5.41. The fraction of sp³-hybridized carbons (Fsp3) is 0.750. The molecule has 2 aromatic carbocycles. The number of fused-ring (bicyclic) bond motifs is 4. The molecule has 0 bridgehead atoms. The zero-order chi connectivity index (χ0) is 41.6. The summed E-state index contributed by atoms with van der Waals surface area (Å²) in [5, 5.41) is 0. The van der Waals surface area contributed by atoms with E-state index >= 15 is 0 Å².